The van der Waals surface area contributed by atoms with E-state index in [1.807, 2.05) is 18.6 Å². The number of ether oxygens (including phenoxy) is 1. The molecule has 1 N–H and O–H groups in total. The van der Waals surface area contributed by atoms with E-state index in [2.05, 4.69) is 31.6 Å². The summed E-state index contributed by atoms with van der Waals surface area (Å²) >= 11 is 0. The highest BCUT2D eigenvalue weighted by atomic mass is 16.5. The van der Waals surface area contributed by atoms with Gasteiger partial charge in [-0.15, -0.1) is 0 Å². The van der Waals surface area contributed by atoms with Crippen molar-refractivity contribution < 1.29 is 19.4 Å². The van der Waals surface area contributed by atoms with Gasteiger partial charge >= 0.3 is 5.97 Å². The van der Waals surface area contributed by atoms with Gasteiger partial charge in [0.2, 0.25) is 0 Å². The molecular weight excluding hydrogens is 376 g/mol. The molecule has 0 spiro atoms. The molecule has 0 saturated carbocycles. The van der Waals surface area contributed by atoms with Gasteiger partial charge in [-0.2, -0.15) is 5.10 Å². The Morgan fingerprint density at radius 3 is 2.90 bits per heavy atom. The molecule has 1 fully saturated rings. The second kappa shape index (κ2) is 9.28. The molecule has 0 amide bonds. The van der Waals surface area contributed by atoms with Gasteiger partial charge in [0.15, 0.2) is 5.65 Å². The fraction of sp³-hybridized carbons (Fsp3) is 0.421. The van der Waals surface area contributed by atoms with Crippen LogP contribution in [0.4, 0.5) is 0 Å². The topological polar surface area (TPSA) is 115 Å². The number of aromatic nitrogens is 5. The summed E-state index contributed by atoms with van der Waals surface area (Å²) in [4.78, 5) is 31.7. The Kier molecular flexibility index (Phi) is 6.55. The van der Waals surface area contributed by atoms with Crippen molar-refractivity contribution in [3.8, 4) is 11.4 Å². The highest BCUT2D eigenvalue weighted by Gasteiger charge is 2.22. The third-order valence-electron chi connectivity index (χ3n) is 4.77. The molecule has 1 aliphatic heterocycles. The summed E-state index contributed by atoms with van der Waals surface area (Å²) in [7, 11) is 2.15. The number of nitrogens with zero attached hydrogens (tertiary/aromatic N) is 6. The molecule has 0 bridgehead atoms. The summed E-state index contributed by atoms with van der Waals surface area (Å²) in [5.41, 5.74) is 1.73. The van der Waals surface area contributed by atoms with E-state index in [0.29, 0.717) is 23.9 Å². The lowest BCUT2D eigenvalue weighted by molar-refractivity contribution is -0.122. The van der Waals surface area contributed by atoms with Crippen LogP contribution < -0.4 is 0 Å². The van der Waals surface area contributed by atoms with Gasteiger partial charge in [-0.25, -0.2) is 19.3 Å². The molecule has 0 aromatic carbocycles. The van der Waals surface area contributed by atoms with Crippen LogP contribution in [0.5, 0.6) is 0 Å². The maximum Gasteiger partial charge on any atom is 0.343 e. The normalized spacial score (nSPS) is 16.8. The number of hydrogen-bond donors (Lipinski definition) is 1. The zero-order valence-corrected chi connectivity index (χ0v) is 16.4. The largest absolute Gasteiger partial charge is 0.483 e. The Morgan fingerprint density at radius 2 is 2.17 bits per heavy atom. The van der Waals surface area contributed by atoms with Gasteiger partial charge in [-0.05, 0) is 33.4 Å². The van der Waals surface area contributed by atoms with E-state index in [1.165, 1.54) is 12.6 Å². The van der Waals surface area contributed by atoms with Crippen LogP contribution in [0.15, 0.2) is 31.0 Å². The van der Waals surface area contributed by atoms with Crippen molar-refractivity contribution in [1.82, 2.24) is 29.0 Å². The first-order valence-corrected chi connectivity index (χ1v) is 9.39. The lowest BCUT2D eigenvalue weighted by Gasteiger charge is -2.31. The molecule has 29 heavy (non-hydrogen) atoms. The molecule has 1 aliphatic rings. The Bertz CT molecular complexity index is 982. The van der Waals surface area contributed by atoms with Crippen LogP contribution in [-0.4, -0.2) is 73.3 Å². The van der Waals surface area contributed by atoms with E-state index in [0.717, 1.165) is 30.9 Å². The molecule has 10 nitrogen and oxygen atoms in total. The van der Waals surface area contributed by atoms with E-state index < -0.39 is 5.97 Å². The van der Waals surface area contributed by atoms with Crippen LogP contribution in [-0.2, 0) is 9.53 Å². The van der Waals surface area contributed by atoms with Crippen LogP contribution in [0.1, 0.15) is 36.2 Å². The average molecular weight is 400 g/mol. The molecule has 4 rings (SSSR count). The van der Waals surface area contributed by atoms with Crippen molar-refractivity contribution in [3.05, 3.63) is 36.5 Å². The van der Waals surface area contributed by atoms with Crippen molar-refractivity contribution in [2.24, 2.45) is 0 Å². The maximum absolute atomic E-state index is 12.0. The fourth-order valence-electron chi connectivity index (χ4n) is 3.54. The Balaban J connectivity index is 0.000000755. The smallest absolute Gasteiger partial charge is 0.343 e. The minimum Gasteiger partial charge on any atom is -0.483 e. The number of likely N-dealkylation sites (N-methyl/N-ethyl adjacent to an activating group) is 1. The second-order valence-corrected chi connectivity index (χ2v) is 6.71. The first kappa shape index (κ1) is 20.5. The highest BCUT2D eigenvalue weighted by molar-refractivity contribution is 5.95. The van der Waals surface area contributed by atoms with E-state index in [9.17, 15) is 4.79 Å². The predicted octanol–water partition coefficient (Wildman–Crippen LogP) is 1.74. The van der Waals surface area contributed by atoms with Crippen LogP contribution in [0.3, 0.4) is 0 Å². The number of hydrogen-bond acceptors (Lipinski definition) is 7. The number of rotatable bonds is 4. The Hall–Kier alpha value is -3.27. The molecule has 0 aliphatic carbocycles. The number of carbonyl (C=O) groups is 2. The van der Waals surface area contributed by atoms with E-state index in [-0.39, 0.29) is 6.47 Å². The maximum atomic E-state index is 12.0. The molecule has 0 radical (unpaired) electrons. The van der Waals surface area contributed by atoms with Crippen molar-refractivity contribution in [3.63, 3.8) is 0 Å². The summed E-state index contributed by atoms with van der Waals surface area (Å²) in [5, 5.41) is 11.1. The molecule has 3 aromatic heterocycles. The molecule has 1 saturated heterocycles. The zero-order chi connectivity index (χ0) is 20.8. The van der Waals surface area contributed by atoms with Gasteiger partial charge in [0, 0.05) is 37.4 Å². The summed E-state index contributed by atoms with van der Waals surface area (Å²) in [6, 6.07) is 0.398. The van der Waals surface area contributed by atoms with Crippen molar-refractivity contribution in [2.45, 2.75) is 25.8 Å². The van der Waals surface area contributed by atoms with Gasteiger partial charge in [-0.3, -0.25) is 4.79 Å². The van der Waals surface area contributed by atoms with Crippen LogP contribution in [0.2, 0.25) is 0 Å². The van der Waals surface area contributed by atoms with Crippen LogP contribution >= 0.6 is 0 Å². The molecule has 3 aromatic rings. The van der Waals surface area contributed by atoms with Gasteiger partial charge in [0.1, 0.15) is 11.4 Å². The molecular formula is C19H24N6O4. The van der Waals surface area contributed by atoms with Gasteiger partial charge in [0.25, 0.3) is 6.47 Å². The van der Waals surface area contributed by atoms with Crippen molar-refractivity contribution in [1.29, 1.82) is 0 Å². The van der Waals surface area contributed by atoms with Gasteiger partial charge in [-0.1, -0.05) is 0 Å². The highest BCUT2D eigenvalue weighted by Crippen LogP contribution is 2.27. The van der Waals surface area contributed by atoms with Crippen molar-refractivity contribution in [2.75, 3.05) is 26.7 Å². The molecule has 10 heteroatoms. The number of carbonyl (C=O) groups excluding carboxylic acids is 1. The summed E-state index contributed by atoms with van der Waals surface area (Å²) in [6.07, 6.45) is 11.3. The fourth-order valence-corrected chi connectivity index (χ4v) is 3.54. The SMILES string of the molecule is CCOC(=O)c1cnn2cc(-c3nccn3C3CCCN(C)C3)cnc12.O=CO. The third-order valence-corrected chi connectivity index (χ3v) is 4.77. The first-order chi connectivity index (χ1) is 14.1. The van der Waals surface area contributed by atoms with E-state index >= 15 is 0 Å². The lowest BCUT2D eigenvalue weighted by Crippen LogP contribution is -2.33. The predicted molar refractivity (Wildman–Crippen MR) is 105 cm³/mol. The minimum absolute atomic E-state index is 0.250. The number of imidazole rings is 1. The number of carboxylic acid groups (broad SMARTS) is 1. The van der Waals surface area contributed by atoms with E-state index in [1.54, 1.807) is 17.6 Å². The summed E-state index contributed by atoms with van der Waals surface area (Å²) in [5.74, 6) is 0.461. The quantitative estimate of drug-likeness (QED) is 0.520. The molecule has 154 valence electrons. The first-order valence-electron chi connectivity index (χ1n) is 9.39. The Labute approximate surface area is 167 Å². The number of piperidine rings is 1. The lowest BCUT2D eigenvalue weighted by atomic mass is 10.1. The summed E-state index contributed by atoms with van der Waals surface area (Å²) in [6.45, 7) is 3.99. The van der Waals surface area contributed by atoms with Crippen LogP contribution in [0, 0.1) is 0 Å². The van der Waals surface area contributed by atoms with Crippen LogP contribution in [0.25, 0.3) is 17.0 Å². The minimum atomic E-state index is -0.408. The Morgan fingerprint density at radius 1 is 1.38 bits per heavy atom. The number of fused-ring (bicyclic) bond motifs is 1. The number of esters is 1. The molecule has 1 atom stereocenters. The average Bonchev–Trinajstić information content (AvgIpc) is 3.35. The van der Waals surface area contributed by atoms with E-state index in [4.69, 9.17) is 14.6 Å². The second-order valence-electron chi connectivity index (χ2n) is 6.71. The van der Waals surface area contributed by atoms with Gasteiger partial charge in [0.05, 0.1) is 18.4 Å². The summed E-state index contributed by atoms with van der Waals surface area (Å²) < 4.78 is 8.87. The van der Waals surface area contributed by atoms with Gasteiger partial charge < -0.3 is 19.3 Å². The standard InChI is InChI=1S/C18H22N6O2.CH2O2/c1-3-26-18(25)15-10-21-24-11-13(9-20-17(15)24)16-19-6-8-23(16)14-5-4-7-22(2)12-14;2-1-3/h6,8-11,14H,3-5,7,12H2,1-2H3;1H,(H,2,3). The monoisotopic (exact) mass is 400 g/mol. The zero-order valence-electron chi connectivity index (χ0n) is 16.4. The molecule has 1 unspecified atom stereocenters. The molecule has 4 heterocycles. The number of likely N-dealkylation sites (tertiary alicyclic amines) is 1. The van der Waals surface area contributed by atoms with Crippen molar-refractivity contribution >= 4 is 18.1 Å². The third kappa shape index (κ3) is 4.43.